The van der Waals surface area contributed by atoms with Crippen LogP contribution in [0, 0.1) is 0 Å². The Kier molecular flexibility index (Phi) is 6.47. The summed E-state index contributed by atoms with van der Waals surface area (Å²) in [6.07, 6.45) is 1.51. The van der Waals surface area contributed by atoms with Gasteiger partial charge in [-0.15, -0.1) is 0 Å². The van der Waals surface area contributed by atoms with Crippen LogP contribution in [0.5, 0.6) is 0 Å². The van der Waals surface area contributed by atoms with Gasteiger partial charge in [-0.1, -0.05) is 68.4 Å². The molecule has 0 saturated carbocycles. The van der Waals surface area contributed by atoms with Crippen molar-refractivity contribution in [2.75, 3.05) is 5.32 Å². The first-order valence-electron chi connectivity index (χ1n) is 10.5. The minimum absolute atomic E-state index is 0.247. The highest BCUT2D eigenvalue weighted by Crippen LogP contribution is 2.20. The van der Waals surface area contributed by atoms with Crippen molar-refractivity contribution in [3.05, 3.63) is 105 Å². The van der Waals surface area contributed by atoms with E-state index in [4.69, 9.17) is 0 Å². The molecule has 4 aromatic rings. The molecule has 0 radical (unpaired) electrons. The molecule has 3 aromatic carbocycles. The number of nitrogens with zero attached hydrogens (tertiary/aromatic N) is 3. The molecule has 0 aliphatic heterocycles. The van der Waals surface area contributed by atoms with E-state index in [1.165, 1.54) is 0 Å². The zero-order chi connectivity index (χ0) is 22.5. The maximum atomic E-state index is 13.6. The standard InChI is InChI=1S/C25H24N4O2S/c1-3-18-12-11-13-19(4-2)22(18)28-24(27-23(30)26-20-14-7-5-8-15-20)32-29(25(28)31)21-16-9-6-10-17-21/h5-17H,3-4H2,1-2H3,(H,26,30)/b27-24-. The third kappa shape index (κ3) is 4.33. The monoisotopic (exact) mass is 444 g/mol. The number of amides is 2. The molecule has 32 heavy (non-hydrogen) atoms. The molecule has 0 spiro atoms. The second kappa shape index (κ2) is 9.62. The van der Waals surface area contributed by atoms with Crippen molar-refractivity contribution >= 4 is 23.3 Å². The molecule has 0 atom stereocenters. The van der Waals surface area contributed by atoms with E-state index >= 15 is 0 Å². The summed E-state index contributed by atoms with van der Waals surface area (Å²) in [5.74, 6) is 0. The average molecular weight is 445 g/mol. The Labute approximate surface area is 190 Å². The number of nitrogens with one attached hydrogen (secondary N) is 1. The SMILES string of the molecule is CCc1cccc(CC)c1-n1c(=O)n(-c2ccccc2)s/c1=N\C(=O)Nc1ccccc1. The molecule has 162 valence electrons. The number of rotatable bonds is 5. The van der Waals surface area contributed by atoms with Gasteiger partial charge < -0.3 is 5.32 Å². The van der Waals surface area contributed by atoms with Gasteiger partial charge in [0.1, 0.15) is 0 Å². The first-order valence-corrected chi connectivity index (χ1v) is 11.3. The number of carbonyl (C=O) groups excluding carboxylic acids is 1. The van der Waals surface area contributed by atoms with Crippen molar-refractivity contribution in [1.29, 1.82) is 0 Å². The molecular weight excluding hydrogens is 420 g/mol. The normalized spacial score (nSPS) is 11.5. The summed E-state index contributed by atoms with van der Waals surface area (Å²) in [5, 5.41) is 2.77. The number of hydrogen-bond donors (Lipinski definition) is 1. The van der Waals surface area contributed by atoms with E-state index in [0.717, 1.165) is 46.9 Å². The largest absolute Gasteiger partial charge is 0.349 e. The Balaban J connectivity index is 1.94. The molecule has 0 aliphatic carbocycles. The van der Waals surface area contributed by atoms with Gasteiger partial charge in [-0.05, 0) is 59.8 Å². The predicted octanol–water partition coefficient (Wildman–Crippen LogP) is 4.95. The molecule has 6 nitrogen and oxygen atoms in total. The average Bonchev–Trinajstić information content (AvgIpc) is 3.14. The molecular formula is C25H24N4O2S. The van der Waals surface area contributed by atoms with Crippen LogP contribution in [0.4, 0.5) is 10.5 Å². The molecule has 1 N–H and O–H groups in total. The first kappa shape index (κ1) is 21.5. The number of carbonyl (C=O) groups is 1. The van der Waals surface area contributed by atoms with Gasteiger partial charge >= 0.3 is 11.7 Å². The first-order chi connectivity index (χ1) is 15.6. The maximum Gasteiger partial charge on any atom is 0.349 e. The number of para-hydroxylation sites is 3. The van der Waals surface area contributed by atoms with Gasteiger partial charge in [0.05, 0.1) is 11.4 Å². The number of anilines is 1. The second-order valence-electron chi connectivity index (χ2n) is 7.16. The van der Waals surface area contributed by atoms with Gasteiger partial charge in [-0.3, -0.25) is 0 Å². The van der Waals surface area contributed by atoms with Gasteiger partial charge in [0.2, 0.25) is 4.80 Å². The van der Waals surface area contributed by atoms with Gasteiger partial charge in [-0.25, -0.2) is 18.1 Å². The number of benzene rings is 3. The zero-order valence-corrected chi connectivity index (χ0v) is 18.8. The van der Waals surface area contributed by atoms with Crippen LogP contribution in [0.25, 0.3) is 11.4 Å². The molecule has 0 bridgehead atoms. The molecule has 0 saturated heterocycles. The van der Waals surface area contributed by atoms with E-state index in [9.17, 15) is 9.59 Å². The summed E-state index contributed by atoms with van der Waals surface area (Å²) in [6.45, 7) is 4.11. The summed E-state index contributed by atoms with van der Waals surface area (Å²) in [6, 6.07) is 24.0. The Morgan fingerprint density at radius 3 is 2.06 bits per heavy atom. The summed E-state index contributed by atoms with van der Waals surface area (Å²) in [4.78, 5) is 31.0. The van der Waals surface area contributed by atoms with Gasteiger partial charge in [0.15, 0.2) is 0 Å². The molecule has 1 heterocycles. The van der Waals surface area contributed by atoms with Crippen molar-refractivity contribution in [2.45, 2.75) is 26.7 Å². The Morgan fingerprint density at radius 1 is 0.875 bits per heavy atom. The second-order valence-corrected chi connectivity index (χ2v) is 8.07. The topological polar surface area (TPSA) is 68.4 Å². The lowest BCUT2D eigenvalue weighted by Crippen LogP contribution is -2.30. The van der Waals surface area contributed by atoms with Crippen LogP contribution in [0.15, 0.2) is 88.6 Å². The highest BCUT2D eigenvalue weighted by Gasteiger charge is 2.18. The Morgan fingerprint density at radius 2 is 1.47 bits per heavy atom. The van der Waals surface area contributed by atoms with Crippen LogP contribution in [-0.4, -0.2) is 14.6 Å². The minimum atomic E-state index is -0.529. The van der Waals surface area contributed by atoms with Crippen LogP contribution in [0.2, 0.25) is 0 Å². The van der Waals surface area contributed by atoms with Crippen LogP contribution in [0.1, 0.15) is 25.0 Å². The molecule has 7 heteroatoms. The van der Waals surface area contributed by atoms with Crippen LogP contribution in [-0.2, 0) is 12.8 Å². The lowest BCUT2D eigenvalue weighted by Gasteiger charge is -2.13. The fourth-order valence-corrected chi connectivity index (χ4v) is 4.51. The summed E-state index contributed by atoms with van der Waals surface area (Å²) >= 11 is 1.15. The van der Waals surface area contributed by atoms with E-state index in [2.05, 4.69) is 24.2 Å². The van der Waals surface area contributed by atoms with Gasteiger partial charge in [0.25, 0.3) is 0 Å². The lowest BCUT2D eigenvalue weighted by molar-refractivity contribution is 0.259. The highest BCUT2D eigenvalue weighted by atomic mass is 32.1. The maximum absolute atomic E-state index is 13.6. The molecule has 2 amide bonds. The van der Waals surface area contributed by atoms with Gasteiger partial charge in [0, 0.05) is 5.69 Å². The van der Waals surface area contributed by atoms with E-state index in [-0.39, 0.29) is 5.69 Å². The number of aryl methyl sites for hydroxylation is 2. The molecule has 0 fully saturated rings. The van der Waals surface area contributed by atoms with Crippen LogP contribution >= 0.6 is 11.5 Å². The summed E-state index contributed by atoms with van der Waals surface area (Å²) < 4.78 is 3.14. The van der Waals surface area contributed by atoms with Crippen molar-refractivity contribution < 1.29 is 4.79 Å². The molecule has 1 aromatic heterocycles. The number of urea groups is 1. The van der Waals surface area contributed by atoms with Crippen molar-refractivity contribution in [2.24, 2.45) is 4.99 Å². The summed E-state index contributed by atoms with van der Waals surface area (Å²) in [7, 11) is 0. The van der Waals surface area contributed by atoms with Gasteiger partial charge in [-0.2, -0.15) is 4.99 Å². The van der Waals surface area contributed by atoms with E-state index in [1.54, 1.807) is 20.7 Å². The van der Waals surface area contributed by atoms with Crippen molar-refractivity contribution in [3.8, 4) is 11.4 Å². The Hall–Kier alpha value is -3.71. The molecule has 4 rings (SSSR count). The van der Waals surface area contributed by atoms with Crippen LogP contribution < -0.4 is 15.8 Å². The fourth-order valence-electron chi connectivity index (χ4n) is 3.58. The Bertz CT molecular complexity index is 1330. The van der Waals surface area contributed by atoms with E-state index < -0.39 is 6.03 Å². The van der Waals surface area contributed by atoms with E-state index in [0.29, 0.717) is 10.5 Å². The predicted molar refractivity (Wildman–Crippen MR) is 129 cm³/mol. The fraction of sp³-hybridized carbons (Fsp3) is 0.160. The minimum Gasteiger partial charge on any atom is -0.306 e. The highest BCUT2D eigenvalue weighted by molar-refractivity contribution is 7.03. The number of hydrogen-bond acceptors (Lipinski definition) is 3. The van der Waals surface area contributed by atoms with E-state index in [1.807, 2.05) is 66.7 Å². The van der Waals surface area contributed by atoms with Crippen molar-refractivity contribution in [3.63, 3.8) is 0 Å². The quantitative estimate of drug-likeness (QED) is 0.473. The smallest absolute Gasteiger partial charge is 0.306 e. The molecule has 0 unspecified atom stereocenters. The zero-order valence-electron chi connectivity index (χ0n) is 18.0. The molecule has 0 aliphatic rings. The van der Waals surface area contributed by atoms with Crippen molar-refractivity contribution in [1.82, 2.24) is 8.52 Å². The van der Waals surface area contributed by atoms with Crippen LogP contribution in [0.3, 0.4) is 0 Å². The number of aromatic nitrogens is 2. The lowest BCUT2D eigenvalue weighted by atomic mass is 10.0. The third-order valence-electron chi connectivity index (χ3n) is 5.13. The summed E-state index contributed by atoms with van der Waals surface area (Å²) in [5.41, 5.74) is 4.00. The third-order valence-corrected chi connectivity index (χ3v) is 6.12.